The molecule has 1 unspecified atom stereocenters. The summed E-state index contributed by atoms with van der Waals surface area (Å²) in [7, 11) is 1.89. The lowest BCUT2D eigenvalue weighted by molar-refractivity contribution is 0.0910. The minimum Gasteiger partial charge on any atom is -0.351 e. The average Bonchev–Trinajstić information content (AvgIpc) is 2.61. The molecular formula is C10H17N3O2. The number of carbonyl (C=O) groups is 1. The number of amides is 1. The Morgan fingerprint density at radius 3 is 2.87 bits per heavy atom. The van der Waals surface area contributed by atoms with Crippen molar-refractivity contribution in [3.05, 3.63) is 17.5 Å². The molecule has 0 saturated heterocycles. The molecule has 0 aliphatic carbocycles. The van der Waals surface area contributed by atoms with E-state index in [1.807, 2.05) is 7.05 Å². The van der Waals surface area contributed by atoms with Gasteiger partial charge < -0.3 is 15.2 Å². The van der Waals surface area contributed by atoms with Gasteiger partial charge in [0, 0.05) is 12.1 Å². The fourth-order valence-corrected chi connectivity index (χ4v) is 1.28. The van der Waals surface area contributed by atoms with E-state index in [2.05, 4.69) is 22.7 Å². The molecule has 0 aliphatic heterocycles. The molecule has 5 heteroatoms. The zero-order valence-electron chi connectivity index (χ0n) is 9.33. The third-order valence-corrected chi connectivity index (χ3v) is 2.12. The van der Waals surface area contributed by atoms with Gasteiger partial charge in [-0.25, -0.2) is 0 Å². The second-order valence-electron chi connectivity index (χ2n) is 3.71. The van der Waals surface area contributed by atoms with E-state index < -0.39 is 0 Å². The second kappa shape index (κ2) is 5.50. The van der Waals surface area contributed by atoms with Gasteiger partial charge in [-0.2, -0.15) is 0 Å². The highest BCUT2D eigenvalue weighted by Crippen LogP contribution is 2.05. The Kier molecular flexibility index (Phi) is 4.30. The summed E-state index contributed by atoms with van der Waals surface area (Å²) >= 11 is 0. The van der Waals surface area contributed by atoms with E-state index in [1.165, 1.54) is 6.20 Å². The number of nitrogens with one attached hydrogen (secondary N) is 2. The predicted octanol–water partition coefficient (Wildman–Crippen LogP) is 0.568. The van der Waals surface area contributed by atoms with Gasteiger partial charge in [-0.15, -0.1) is 0 Å². The van der Waals surface area contributed by atoms with Gasteiger partial charge in [-0.05, 0) is 26.4 Å². The molecule has 0 aromatic carbocycles. The van der Waals surface area contributed by atoms with Gasteiger partial charge in [-0.3, -0.25) is 4.79 Å². The molecule has 1 heterocycles. The largest absolute Gasteiger partial charge is 0.351 e. The van der Waals surface area contributed by atoms with Crippen molar-refractivity contribution in [3.63, 3.8) is 0 Å². The molecule has 1 atom stereocenters. The number of hydrogen-bond donors (Lipinski definition) is 2. The van der Waals surface area contributed by atoms with Gasteiger partial charge in [0.1, 0.15) is 0 Å². The maximum atomic E-state index is 11.6. The van der Waals surface area contributed by atoms with Crippen LogP contribution >= 0.6 is 0 Å². The molecule has 0 bridgehead atoms. The fraction of sp³-hybridized carbons (Fsp3) is 0.600. The van der Waals surface area contributed by atoms with Crippen molar-refractivity contribution in [1.29, 1.82) is 0 Å². The van der Waals surface area contributed by atoms with E-state index in [-0.39, 0.29) is 5.91 Å². The van der Waals surface area contributed by atoms with Crippen LogP contribution in [-0.2, 0) is 0 Å². The van der Waals surface area contributed by atoms with Crippen molar-refractivity contribution >= 4 is 5.91 Å². The smallest absolute Gasteiger partial charge is 0.290 e. The maximum absolute atomic E-state index is 11.6. The molecule has 0 radical (unpaired) electrons. The fourth-order valence-electron chi connectivity index (χ4n) is 1.28. The summed E-state index contributed by atoms with van der Waals surface area (Å²) in [6.07, 6.45) is 1.53. The first-order valence-corrected chi connectivity index (χ1v) is 4.99. The van der Waals surface area contributed by atoms with Crippen molar-refractivity contribution in [2.24, 2.45) is 5.92 Å². The van der Waals surface area contributed by atoms with Crippen molar-refractivity contribution in [1.82, 2.24) is 15.8 Å². The zero-order chi connectivity index (χ0) is 11.3. The number of rotatable bonds is 5. The first-order chi connectivity index (χ1) is 7.15. The minimum absolute atomic E-state index is 0.201. The van der Waals surface area contributed by atoms with Gasteiger partial charge in [0.2, 0.25) is 5.76 Å². The zero-order valence-corrected chi connectivity index (χ0v) is 9.33. The van der Waals surface area contributed by atoms with E-state index in [4.69, 9.17) is 4.52 Å². The van der Waals surface area contributed by atoms with Gasteiger partial charge in [0.15, 0.2) is 0 Å². The van der Waals surface area contributed by atoms with Crippen LogP contribution in [0.1, 0.15) is 23.0 Å². The summed E-state index contributed by atoms with van der Waals surface area (Å²) in [6, 6.07) is 0. The molecule has 1 aromatic rings. The van der Waals surface area contributed by atoms with Gasteiger partial charge in [0.05, 0.1) is 6.20 Å². The van der Waals surface area contributed by atoms with Crippen LogP contribution < -0.4 is 10.6 Å². The van der Waals surface area contributed by atoms with E-state index in [0.29, 0.717) is 18.2 Å². The summed E-state index contributed by atoms with van der Waals surface area (Å²) < 4.78 is 4.84. The SMILES string of the molecule is CNCC(C)CNC(=O)c1oncc1C. The van der Waals surface area contributed by atoms with Crippen molar-refractivity contribution in [2.75, 3.05) is 20.1 Å². The Balaban J connectivity index is 2.40. The Morgan fingerprint density at radius 2 is 2.33 bits per heavy atom. The van der Waals surface area contributed by atoms with Crippen molar-refractivity contribution < 1.29 is 9.32 Å². The molecule has 2 N–H and O–H groups in total. The van der Waals surface area contributed by atoms with E-state index in [9.17, 15) is 4.79 Å². The molecule has 0 saturated carbocycles. The van der Waals surface area contributed by atoms with Gasteiger partial charge >= 0.3 is 0 Å². The summed E-state index contributed by atoms with van der Waals surface area (Å²) in [4.78, 5) is 11.6. The Bertz CT molecular complexity index is 322. The molecule has 15 heavy (non-hydrogen) atoms. The van der Waals surface area contributed by atoms with E-state index in [1.54, 1.807) is 6.92 Å². The van der Waals surface area contributed by atoms with E-state index >= 15 is 0 Å². The van der Waals surface area contributed by atoms with Gasteiger partial charge in [0.25, 0.3) is 5.91 Å². The highest BCUT2D eigenvalue weighted by atomic mass is 16.5. The van der Waals surface area contributed by atoms with Crippen LogP contribution in [0.15, 0.2) is 10.7 Å². The molecule has 1 amide bonds. The number of hydrogen-bond acceptors (Lipinski definition) is 4. The normalized spacial score (nSPS) is 12.5. The summed E-state index contributed by atoms with van der Waals surface area (Å²) in [5, 5.41) is 9.41. The molecule has 1 rings (SSSR count). The molecule has 0 spiro atoms. The summed E-state index contributed by atoms with van der Waals surface area (Å²) in [5.41, 5.74) is 0.758. The second-order valence-corrected chi connectivity index (χ2v) is 3.71. The Hall–Kier alpha value is -1.36. The molecule has 5 nitrogen and oxygen atoms in total. The molecule has 84 valence electrons. The Labute approximate surface area is 89.2 Å². The maximum Gasteiger partial charge on any atom is 0.290 e. The lowest BCUT2D eigenvalue weighted by Gasteiger charge is -2.10. The summed E-state index contributed by atoms with van der Waals surface area (Å²) in [5.74, 6) is 0.488. The predicted molar refractivity (Wildman–Crippen MR) is 56.7 cm³/mol. The van der Waals surface area contributed by atoms with E-state index in [0.717, 1.165) is 12.1 Å². The molecule has 0 aliphatic rings. The number of aromatic nitrogens is 1. The third-order valence-electron chi connectivity index (χ3n) is 2.12. The average molecular weight is 211 g/mol. The number of aryl methyl sites for hydroxylation is 1. The van der Waals surface area contributed by atoms with Gasteiger partial charge in [-0.1, -0.05) is 12.1 Å². The molecule has 1 aromatic heterocycles. The van der Waals surface area contributed by atoms with Crippen LogP contribution in [0.4, 0.5) is 0 Å². The topological polar surface area (TPSA) is 67.2 Å². The first kappa shape index (κ1) is 11.7. The molecular weight excluding hydrogens is 194 g/mol. The lowest BCUT2D eigenvalue weighted by Crippen LogP contribution is -2.32. The van der Waals surface area contributed by atoms with Crippen LogP contribution in [0.3, 0.4) is 0 Å². The first-order valence-electron chi connectivity index (χ1n) is 4.99. The van der Waals surface area contributed by atoms with Crippen LogP contribution in [0.25, 0.3) is 0 Å². The van der Waals surface area contributed by atoms with Crippen LogP contribution in [0.2, 0.25) is 0 Å². The van der Waals surface area contributed by atoms with Crippen LogP contribution in [-0.4, -0.2) is 31.2 Å². The monoisotopic (exact) mass is 211 g/mol. The van der Waals surface area contributed by atoms with Crippen molar-refractivity contribution in [2.45, 2.75) is 13.8 Å². The highest BCUT2D eigenvalue weighted by molar-refractivity contribution is 5.92. The minimum atomic E-state index is -0.201. The lowest BCUT2D eigenvalue weighted by atomic mass is 10.2. The standard InChI is InChI=1S/C10H17N3O2/c1-7(4-11-3)5-12-10(14)9-8(2)6-13-15-9/h6-7,11H,4-5H2,1-3H3,(H,12,14). The quantitative estimate of drug-likeness (QED) is 0.747. The summed E-state index contributed by atoms with van der Waals surface area (Å²) in [6.45, 7) is 5.35. The number of carbonyl (C=O) groups excluding carboxylic acids is 1. The van der Waals surface area contributed by atoms with Crippen molar-refractivity contribution in [3.8, 4) is 0 Å². The highest BCUT2D eigenvalue weighted by Gasteiger charge is 2.14. The third kappa shape index (κ3) is 3.36. The Morgan fingerprint density at radius 1 is 1.60 bits per heavy atom. The molecule has 0 fully saturated rings. The van der Waals surface area contributed by atoms with Crippen LogP contribution in [0.5, 0.6) is 0 Å². The number of nitrogens with zero attached hydrogens (tertiary/aromatic N) is 1. The van der Waals surface area contributed by atoms with Crippen LogP contribution in [0, 0.1) is 12.8 Å².